The number of carbonyl (C=O) groups is 1. The van der Waals surface area contributed by atoms with Crippen molar-refractivity contribution >= 4 is 44.1 Å². The number of amides is 2. The number of benzene rings is 1. The van der Waals surface area contributed by atoms with Crippen LogP contribution in [0.25, 0.3) is 20.9 Å². The number of para-hydroxylation sites is 1. The molecule has 3 heterocycles. The average Bonchev–Trinajstić information content (AvgIpc) is 3.27. The summed E-state index contributed by atoms with van der Waals surface area (Å²) in [4.78, 5) is 20.7. The van der Waals surface area contributed by atoms with Crippen LogP contribution in [-0.2, 0) is 6.54 Å². The Kier molecular flexibility index (Phi) is 4.32. The maximum atomic E-state index is 12.0. The molecule has 0 atom stereocenters. The second kappa shape index (κ2) is 6.91. The van der Waals surface area contributed by atoms with E-state index in [0.29, 0.717) is 16.7 Å². The highest BCUT2D eigenvalue weighted by molar-refractivity contribution is 7.18. The summed E-state index contributed by atoms with van der Waals surface area (Å²) < 4.78 is 1.10. The van der Waals surface area contributed by atoms with E-state index >= 15 is 0 Å². The number of nitrogens with one attached hydrogen (secondary N) is 2. The largest absolute Gasteiger partial charge is 0.331 e. The first-order valence-corrected chi connectivity index (χ1v) is 9.05. The number of anilines is 1. The Morgan fingerprint density at radius 2 is 1.92 bits per heavy atom. The average molecular weight is 368 g/mol. The lowest BCUT2D eigenvalue weighted by Gasteiger charge is -2.02. The van der Waals surface area contributed by atoms with Crippen molar-refractivity contribution in [2.75, 3.05) is 5.32 Å². The number of hydrogen-bond acceptors (Lipinski definition) is 7. The molecular weight excluding hydrogens is 356 g/mol. The van der Waals surface area contributed by atoms with Gasteiger partial charge in [-0.05, 0) is 24.3 Å². The van der Waals surface area contributed by atoms with Crippen molar-refractivity contribution < 1.29 is 4.79 Å². The molecule has 0 saturated carbocycles. The number of nitrogens with zero attached hydrogens (tertiary/aromatic N) is 4. The molecule has 0 fully saturated rings. The lowest BCUT2D eigenvalue weighted by molar-refractivity contribution is 0.251. The number of urea groups is 1. The van der Waals surface area contributed by atoms with Crippen LogP contribution in [0.15, 0.2) is 48.7 Å². The molecule has 0 radical (unpaired) electrons. The SMILES string of the molecule is O=C(NCc1nc2ccccc2s1)Nc1nnc(-c2ccccn2)s1. The van der Waals surface area contributed by atoms with E-state index in [1.165, 1.54) is 11.3 Å². The summed E-state index contributed by atoms with van der Waals surface area (Å²) in [5.41, 5.74) is 1.66. The third kappa shape index (κ3) is 3.62. The lowest BCUT2D eigenvalue weighted by Crippen LogP contribution is -2.28. The molecule has 0 unspecified atom stereocenters. The van der Waals surface area contributed by atoms with Crippen LogP contribution in [0, 0.1) is 0 Å². The Morgan fingerprint density at radius 1 is 1.04 bits per heavy atom. The number of thiazole rings is 1. The van der Waals surface area contributed by atoms with E-state index in [0.717, 1.165) is 20.9 Å². The van der Waals surface area contributed by atoms with Gasteiger partial charge in [-0.25, -0.2) is 9.78 Å². The van der Waals surface area contributed by atoms with Gasteiger partial charge in [-0.2, -0.15) is 0 Å². The summed E-state index contributed by atoms with van der Waals surface area (Å²) >= 11 is 2.83. The highest BCUT2D eigenvalue weighted by atomic mass is 32.1. The van der Waals surface area contributed by atoms with Gasteiger partial charge in [-0.15, -0.1) is 21.5 Å². The first kappa shape index (κ1) is 15.6. The number of carbonyl (C=O) groups excluding carboxylic acids is 1. The van der Waals surface area contributed by atoms with E-state index in [1.807, 2.05) is 42.5 Å². The van der Waals surface area contributed by atoms with Crippen LogP contribution in [0.4, 0.5) is 9.93 Å². The Labute approximate surface area is 150 Å². The minimum Gasteiger partial charge on any atom is -0.331 e. The summed E-state index contributed by atoms with van der Waals surface area (Å²) in [6, 6.07) is 13.1. The van der Waals surface area contributed by atoms with Gasteiger partial charge in [-0.3, -0.25) is 10.3 Å². The van der Waals surface area contributed by atoms with Crippen LogP contribution in [0.5, 0.6) is 0 Å². The van der Waals surface area contributed by atoms with E-state index in [1.54, 1.807) is 17.5 Å². The maximum Gasteiger partial charge on any atom is 0.321 e. The molecule has 0 spiro atoms. The van der Waals surface area contributed by atoms with Crippen LogP contribution in [-0.4, -0.2) is 26.2 Å². The molecule has 0 aliphatic rings. The summed E-state index contributed by atoms with van der Waals surface area (Å²) in [6.07, 6.45) is 1.69. The number of rotatable bonds is 4. The monoisotopic (exact) mass is 368 g/mol. The second-order valence-electron chi connectivity index (χ2n) is 5.01. The molecule has 0 aliphatic carbocycles. The van der Waals surface area contributed by atoms with Crippen LogP contribution in [0.1, 0.15) is 5.01 Å². The zero-order valence-corrected chi connectivity index (χ0v) is 14.5. The second-order valence-corrected chi connectivity index (χ2v) is 7.10. The van der Waals surface area contributed by atoms with Gasteiger partial charge in [0, 0.05) is 6.20 Å². The molecule has 7 nitrogen and oxygen atoms in total. The predicted octanol–water partition coefficient (Wildman–Crippen LogP) is 3.53. The summed E-state index contributed by atoms with van der Waals surface area (Å²) in [7, 11) is 0. The third-order valence-electron chi connectivity index (χ3n) is 3.27. The van der Waals surface area contributed by atoms with Gasteiger partial charge in [-0.1, -0.05) is 29.5 Å². The van der Waals surface area contributed by atoms with Crippen LogP contribution in [0.2, 0.25) is 0 Å². The molecule has 25 heavy (non-hydrogen) atoms. The highest BCUT2D eigenvalue weighted by Gasteiger charge is 2.11. The first-order valence-electron chi connectivity index (χ1n) is 7.42. The van der Waals surface area contributed by atoms with E-state index < -0.39 is 0 Å². The zero-order chi connectivity index (χ0) is 17.1. The van der Waals surface area contributed by atoms with Crippen molar-refractivity contribution in [1.82, 2.24) is 25.5 Å². The van der Waals surface area contributed by atoms with Crippen LogP contribution < -0.4 is 10.6 Å². The molecular formula is C16H12N6OS2. The lowest BCUT2D eigenvalue weighted by atomic mass is 10.3. The van der Waals surface area contributed by atoms with Gasteiger partial charge in [0.1, 0.15) is 10.7 Å². The van der Waals surface area contributed by atoms with Crippen molar-refractivity contribution in [1.29, 1.82) is 0 Å². The molecule has 3 aromatic heterocycles. The highest BCUT2D eigenvalue weighted by Crippen LogP contribution is 2.24. The van der Waals surface area contributed by atoms with Crippen molar-refractivity contribution in [3.05, 3.63) is 53.7 Å². The Morgan fingerprint density at radius 3 is 2.76 bits per heavy atom. The summed E-state index contributed by atoms with van der Waals surface area (Å²) in [5, 5.41) is 15.4. The molecule has 0 aliphatic heterocycles. The fraction of sp³-hybridized carbons (Fsp3) is 0.0625. The maximum absolute atomic E-state index is 12.0. The summed E-state index contributed by atoms with van der Waals surface area (Å²) in [6.45, 7) is 0.358. The van der Waals surface area contributed by atoms with Gasteiger partial charge in [0.25, 0.3) is 0 Å². The number of aromatic nitrogens is 4. The predicted molar refractivity (Wildman–Crippen MR) is 98.6 cm³/mol. The van der Waals surface area contributed by atoms with Crippen LogP contribution >= 0.6 is 22.7 Å². The molecule has 1 aromatic carbocycles. The summed E-state index contributed by atoms with van der Waals surface area (Å²) in [5.74, 6) is 0. The van der Waals surface area contributed by atoms with Gasteiger partial charge >= 0.3 is 6.03 Å². The van der Waals surface area contributed by atoms with Crippen molar-refractivity contribution in [3.63, 3.8) is 0 Å². The molecule has 124 valence electrons. The number of pyridine rings is 1. The fourth-order valence-corrected chi connectivity index (χ4v) is 3.78. The topological polar surface area (TPSA) is 92.7 Å². The Bertz CT molecular complexity index is 981. The van der Waals surface area contributed by atoms with Gasteiger partial charge in [0.2, 0.25) is 5.13 Å². The van der Waals surface area contributed by atoms with E-state index in [2.05, 4.69) is 30.8 Å². The van der Waals surface area contributed by atoms with Gasteiger partial charge < -0.3 is 5.32 Å². The molecule has 0 bridgehead atoms. The molecule has 0 saturated heterocycles. The Hall–Kier alpha value is -2.91. The van der Waals surface area contributed by atoms with E-state index in [9.17, 15) is 4.79 Å². The normalized spacial score (nSPS) is 10.7. The molecule has 4 aromatic rings. The fourth-order valence-electron chi connectivity index (χ4n) is 2.16. The van der Waals surface area contributed by atoms with Crippen molar-refractivity contribution in [2.24, 2.45) is 0 Å². The smallest absolute Gasteiger partial charge is 0.321 e. The van der Waals surface area contributed by atoms with Crippen molar-refractivity contribution in [2.45, 2.75) is 6.54 Å². The van der Waals surface area contributed by atoms with E-state index in [-0.39, 0.29) is 6.03 Å². The molecule has 2 amide bonds. The molecule has 9 heteroatoms. The van der Waals surface area contributed by atoms with Crippen molar-refractivity contribution in [3.8, 4) is 10.7 Å². The third-order valence-corrected chi connectivity index (χ3v) is 5.17. The zero-order valence-electron chi connectivity index (χ0n) is 12.8. The standard InChI is InChI=1S/C16H12N6OS2/c23-15(18-9-13-19-10-5-1-2-7-12(10)24-13)20-16-22-21-14(25-16)11-6-3-4-8-17-11/h1-8H,9H2,(H2,18,20,22,23). The minimum absolute atomic E-state index is 0.344. The first-order chi connectivity index (χ1) is 12.3. The number of hydrogen-bond donors (Lipinski definition) is 2. The quantitative estimate of drug-likeness (QED) is 0.575. The van der Waals surface area contributed by atoms with Gasteiger partial charge in [0.05, 0.1) is 16.8 Å². The number of fused-ring (bicyclic) bond motifs is 1. The molecule has 4 rings (SSSR count). The van der Waals surface area contributed by atoms with Crippen LogP contribution in [0.3, 0.4) is 0 Å². The van der Waals surface area contributed by atoms with E-state index in [4.69, 9.17) is 0 Å². The van der Waals surface area contributed by atoms with Gasteiger partial charge in [0.15, 0.2) is 5.01 Å². The minimum atomic E-state index is -0.344. The molecule has 2 N–H and O–H groups in total. The Balaban J connectivity index is 1.37.